The molecule has 1 heterocycles. The van der Waals surface area contributed by atoms with E-state index in [0.717, 1.165) is 10.6 Å². The Morgan fingerprint density at radius 2 is 2.44 bits per heavy atom. The van der Waals surface area contributed by atoms with Crippen molar-refractivity contribution in [2.75, 3.05) is 12.9 Å². The summed E-state index contributed by atoms with van der Waals surface area (Å²) in [5.41, 5.74) is 6.73. The molecule has 0 fully saturated rings. The van der Waals surface area contributed by atoms with Gasteiger partial charge >= 0.3 is 5.97 Å². The van der Waals surface area contributed by atoms with Crippen molar-refractivity contribution in [3.8, 4) is 0 Å². The molecule has 0 amide bonds. The molecule has 0 saturated heterocycles. The summed E-state index contributed by atoms with van der Waals surface area (Å²) in [6.45, 7) is 2.04. The van der Waals surface area contributed by atoms with E-state index in [2.05, 4.69) is 9.72 Å². The van der Waals surface area contributed by atoms with Gasteiger partial charge in [0.15, 0.2) is 0 Å². The molecule has 0 aromatic carbocycles. The van der Waals surface area contributed by atoms with E-state index in [0.29, 0.717) is 11.4 Å². The Balaban J connectivity index is 3.02. The predicted octanol–water partition coefficient (Wildman–Crippen LogP) is 1.67. The van der Waals surface area contributed by atoms with Gasteiger partial charge in [-0.15, -0.1) is 11.8 Å². The van der Waals surface area contributed by atoms with Crippen LogP contribution < -0.4 is 5.73 Å². The predicted molar refractivity (Wildman–Crippen MR) is 64.8 cm³/mol. The lowest BCUT2D eigenvalue weighted by Gasteiger charge is -2.06. The summed E-state index contributed by atoms with van der Waals surface area (Å²) >= 11 is 1.63. The maximum absolute atomic E-state index is 11.1. The zero-order valence-corrected chi connectivity index (χ0v) is 10.1. The van der Waals surface area contributed by atoms with Crippen molar-refractivity contribution in [2.24, 2.45) is 5.73 Å². The van der Waals surface area contributed by atoms with Crippen LogP contribution in [-0.2, 0) is 9.53 Å². The number of rotatable bonds is 4. The van der Waals surface area contributed by atoms with Crippen LogP contribution in [0, 0.1) is 0 Å². The van der Waals surface area contributed by atoms with Crippen molar-refractivity contribution in [1.82, 2.24) is 4.98 Å². The second-order valence-corrected chi connectivity index (χ2v) is 4.21. The van der Waals surface area contributed by atoms with E-state index in [4.69, 9.17) is 5.73 Å². The van der Waals surface area contributed by atoms with Crippen LogP contribution in [0.2, 0.25) is 0 Å². The third-order valence-electron chi connectivity index (χ3n) is 1.82. The van der Waals surface area contributed by atoms with Gasteiger partial charge < -0.3 is 10.5 Å². The molecule has 1 rings (SSSR count). The Morgan fingerprint density at radius 1 is 1.69 bits per heavy atom. The van der Waals surface area contributed by atoms with Gasteiger partial charge in [-0.2, -0.15) is 0 Å². The van der Waals surface area contributed by atoms with Gasteiger partial charge in [-0.1, -0.05) is 6.92 Å². The average Bonchev–Trinajstić information content (AvgIpc) is 2.30. The Kier molecular flexibility index (Phi) is 4.85. The van der Waals surface area contributed by atoms with Crippen molar-refractivity contribution in [2.45, 2.75) is 11.8 Å². The summed E-state index contributed by atoms with van der Waals surface area (Å²) in [5, 5.41) is 0. The summed E-state index contributed by atoms with van der Waals surface area (Å²) < 4.78 is 4.51. The van der Waals surface area contributed by atoms with Crippen molar-refractivity contribution >= 4 is 23.4 Å². The molecule has 1 aromatic rings. The van der Waals surface area contributed by atoms with E-state index in [1.54, 1.807) is 18.0 Å². The summed E-state index contributed by atoms with van der Waals surface area (Å²) in [6, 6.07) is 3.77. The molecule has 0 aliphatic carbocycles. The number of aromatic nitrogens is 1. The Morgan fingerprint density at radius 3 is 3.06 bits per heavy atom. The van der Waals surface area contributed by atoms with Gasteiger partial charge in [0.2, 0.25) is 0 Å². The first-order valence-corrected chi connectivity index (χ1v) is 5.81. The zero-order valence-electron chi connectivity index (χ0n) is 9.27. The number of nitrogens with two attached hydrogens (primary N) is 1. The maximum Gasteiger partial charge on any atom is 0.332 e. The quantitative estimate of drug-likeness (QED) is 0.491. The summed E-state index contributed by atoms with van der Waals surface area (Å²) in [4.78, 5) is 16.2. The molecule has 2 N–H and O–H groups in total. The number of carbonyl (C=O) groups is 1. The van der Waals surface area contributed by atoms with Crippen LogP contribution in [0.25, 0.3) is 5.70 Å². The Hall–Kier alpha value is -1.49. The molecule has 0 atom stereocenters. The summed E-state index contributed by atoms with van der Waals surface area (Å²) in [5.74, 6) is 0.445. The molecule has 0 spiro atoms. The number of carbonyl (C=O) groups excluding carboxylic acids is 1. The lowest BCUT2D eigenvalue weighted by Crippen LogP contribution is -2.05. The lowest BCUT2D eigenvalue weighted by molar-refractivity contribution is -0.134. The molecular weight excluding hydrogens is 224 g/mol. The van der Waals surface area contributed by atoms with Crippen LogP contribution in [0.3, 0.4) is 0 Å². The van der Waals surface area contributed by atoms with Crippen molar-refractivity contribution in [1.29, 1.82) is 0 Å². The fourth-order valence-electron chi connectivity index (χ4n) is 1.13. The van der Waals surface area contributed by atoms with Crippen molar-refractivity contribution < 1.29 is 9.53 Å². The van der Waals surface area contributed by atoms with E-state index in [-0.39, 0.29) is 0 Å². The first-order valence-electron chi connectivity index (χ1n) is 4.82. The van der Waals surface area contributed by atoms with Crippen molar-refractivity contribution in [3.05, 3.63) is 30.1 Å². The molecule has 0 radical (unpaired) electrons. The number of methoxy groups -OCH3 is 1. The molecule has 4 nitrogen and oxygen atoms in total. The number of hydrogen-bond acceptors (Lipinski definition) is 5. The minimum absolute atomic E-state index is 0.323. The normalized spacial score (nSPS) is 11.2. The van der Waals surface area contributed by atoms with Crippen LogP contribution in [0.4, 0.5) is 0 Å². The van der Waals surface area contributed by atoms with Gasteiger partial charge in [-0.3, -0.25) is 4.98 Å². The average molecular weight is 238 g/mol. The molecule has 0 bridgehead atoms. The van der Waals surface area contributed by atoms with Crippen molar-refractivity contribution in [3.63, 3.8) is 0 Å². The third-order valence-corrected chi connectivity index (χ3v) is 2.75. The minimum Gasteiger partial charge on any atom is -0.466 e. The van der Waals surface area contributed by atoms with Gasteiger partial charge in [0.1, 0.15) is 0 Å². The van der Waals surface area contributed by atoms with E-state index in [1.165, 1.54) is 13.2 Å². The fraction of sp³-hybridized carbons (Fsp3) is 0.273. The first kappa shape index (κ1) is 12.6. The second-order valence-electron chi connectivity index (χ2n) is 2.91. The highest BCUT2D eigenvalue weighted by molar-refractivity contribution is 7.99. The molecule has 1 aromatic heterocycles. The minimum atomic E-state index is -0.476. The summed E-state index contributed by atoms with van der Waals surface area (Å²) in [7, 11) is 1.31. The highest BCUT2D eigenvalue weighted by atomic mass is 32.2. The molecule has 5 heteroatoms. The fourth-order valence-corrected chi connectivity index (χ4v) is 1.93. The second kappa shape index (κ2) is 6.17. The topological polar surface area (TPSA) is 65.2 Å². The monoisotopic (exact) mass is 238 g/mol. The number of thioether (sulfide) groups is 1. The SMILES string of the molecule is CCSc1cccnc1/C(N)=C/C(=O)OC. The molecule has 0 unspecified atom stereocenters. The van der Waals surface area contributed by atoms with E-state index < -0.39 is 5.97 Å². The summed E-state index contributed by atoms with van der Waals surface area (Å²) in [6.07, 6.45) is 2.88. The molecule has 0 aliphatic rings. The number of esters is 1. The number of hydrogen-bond donors (Lipinski definition) is 1. The Labute approximate surface area is 98.9 Å². The third kappa shape index (κ3) is 3.27. The largest absolute Gasteiger partial charge is 0.466 e. The molecule has 86 valence electrons. The van der Waals surface area contributed by atoms with Crippen LogP contribution in [0.5, 0.6) is 0 Å². The highest BCUT2D eigenvalue weighted by Crippen LogP contribution is 2.23. The van der Waals surface area contributed by atoms with Crippen LogP contribution in [-0.4, -0.2) is 23.8 Å². The maximum atomic E-state index is 11.1. The van der Waals surface area contributed by atoms with E-state index in [9.17, 15) is 4.79 Å². The smallest absolute Gasteiger partial charge is 0.332 e. The number of pyridine rings is 1. The Bertz CT molecular complexity index is 405. The van der Waals surface area contributed by atoms with Gasteiger partial charge in [0, 0.05) is 17.2 Å². The molecule has 0 aliphatic heterocycles. The molecule has 0 saturated carbocycles. The van der Waals surface area contributed by atoms with Crippen LogP contribution >= 0.6 is 11.8 Å². The van der Waals surface area contributed by atoms with E-state index in [1.807, 2.05) is 19.1 Å². The van der Waals surface area contributed by atoms with Crippen LogP contribution in [0.1, 0.15) is 12.6 Å². The van der Waals surface area contributed by atoms with E-state index >= 15 is 0 Å². The number of nitrogens with zero attached hydrogens (tertiary/aromatic N) is 1. The lowest BCUT2D eigenvalue weighted by atomic mass is 10.2. The van der Waals surface area contributed by atoms with Gasteiger partial charge in [0.25, 0.3) is 0 Å². The molecular formula is C11H14N2O2S. The number of ether oxygens (including phenoxy) is 1. The van der Waals surface area contributed by atoms with Gasteiger partial charge in [0.05, 0.1) is 18.5 Å². The first-order chi connectivity index (χ1) is 7.69. The molecule has 16 heavy (non-hydrogen) atoms. The highest BCUT2D eigenvalue weighted by Gasteiger charge is 2.07. The van der Waals surface area contributed by atoms with Gasteiger partial charge in [-0.05, 0) is 17.9 Å². The van der Waals surface area contributed by atoms with Gasteiger partial charge in [-0.25, -0.2) is 4.79 Å². The van der Waals surface area contributed by atoms with Crippen LogP contribution in [0.15, 0.2) is 29.3 Å². The standard InChI is InChI=1S/C11H14N2O2S/c1-3-16-9-5-4-6-13-11(9)8(12)7-10(14)15-2/h4-7H,3,12H2,1-2H3/b8-7-. The zero-order chi connectivity index (χ0) is 12.0.